The van der Waals surface area contributed by atoms with Crippen molar-refractivity contribution in [3.8, 4) is 11.8 Å². The van der Waals surface area contributed by atoms with E-state index in [9.17, 15) is 4.79 Å². The molecule has 0 unspecified atom stereocenters. The van der Waals surface area contributed by atoms with Gasteiger partial charge in [-0.3, -0.25) is 9.69 Å². The van der Waals surface area contributed by atoms with Gasteiger partial charge in [0.25, 0.3) is 0 Å². The second-order valence-electron chi connectivity index (χ2n) is 6.88. The maximum atomic E-state index is 12.2. The Bertz CT molecular complexity index is 623. The second-order valence-corrected chi connectivity index (χ2v) is 6.88. The first-order valence-corrected chi connectivity index (χ1v) is 9.39. The molecule has 2 aliphatic rings. The number of ether oxygens (including phenoxy) is 1. The molecule has 0 aliphatic carbocycles. The Morgan fingerprint density at radius 1 is 1.20 bits per heavy atom. The van der Waals surface area contributed by atoms with Crippen LogP contribution in [0.4, 0.5) is 0 Å². The summed E-state index contributed by atoms with van der Waals surface area (Å²) in [6.45, 7) is 5.48. The lowest BCUT2D eigenvalue weighted by atomic mass is 10.0. The molecule has 5 heteroatoms. The third kappa shape index (κ3) is 4.13. The first-order chi connectivity index (χ1) is 12.2. The van der Waals surface area contributed by atoms with Crippen LogP contribution in [0, 0.1) is 11.3 Å². The van der Waals surface area contributed by atoms with Gasteiger partial charge in [0.2, 0.25) is 5.91 Å². The predicted octanol–water partition coefficient (Wildman–Crippen LogP) is 2.80. The highest BCUT2D eigenvalue weighted by molar-refractivity contribution is 5.76. The van der Waals surface area contributed by atoms with Crippen LogP contribution >= 0.6 is 0 Å². The molecule has 2 heterocycles. The highest BCUT2D eigenvalue weighted by Crippen LogP contribution is 2.30. The lowest BCUT2D eigenvalue weighted by Crippen LogP contribution is -2.49. The van der Waals surface area contributed by atoms with E-state index < -0.39 is 0 Å². The Kier molecular flexibility index (Phi) is 5.93. The minimum Gasteiger partial charge on any atom is -0.492 e. The second kappa shape index (κ2) is 8.35. The van der Waals surface area contributed by atoms with Gasteiger partial charge < -0.3 is 9.64 Å². The lowest BCUT2D eigenvalue weighted by Gasteiger charge is -2.35. The van der Waals surface area contributed by atoms with Crippen LogP contribution in [0.3, 0.4) is 0 Å². The van der Waals surface area contributed by atoms with Crippen LogP contribution in [0.15, 0.2) is 24.3 Å². The zero-order valence-corrected chi connectivity index (χ0v) is 15.0. The van der Waals surface area contributed by atoms with Crippen molar-refractivity contribution in [2.75, 3.05) is 26.2 Å². The van der Waals surface area contributed by atoms with Crippen LogP contribution in [-0.4, -0.2) is 54.0 Å². The van der Waals surface area contributed by atoms with Gasteiger partial charge in [0.15, 0.2) is 0 Å². The highest BCUT2D eigenvalue weighted by atomic mass is 16.5. The molecular weight excluding hydrogens is 314 g/mol. The average Bonchev–Trinajstić information content (AvgIpc) is 3.30. The van der Waals surface area contributed by atoms with Crippen LogP contribution in [0.2, 0.25) is 0 Å². The number of amides is 1. The van der Waals surface area contributed by atoms with Gasteiger partial charge in [-0.05, 0) is 56.5 Å². The van der Waals surface area contributed by atoms with Gasteiger partial charge in [0.1, 0.15) is 12.4 Å². The van der Waals surface area contributed by atoms with Gasteiger partial charge >= 0.3 is 0 Å². The predicted molar refractivity (Wildman–Crippen MR) is 96.3 cm³/mol. The van der Waals surface area contributed by atoms with Crippen molar-refractivity contribution in [1.29, 1.82) is 5.26 Å². The number of carbonyl (C=O) groups excluding carboxylic acids is 1. The number of hydrogen-bond acceptors (Lipinski definition) is 4. The molecule has 0 radical (unpaired) electrons. The Hall–Kier alpha value is -2.06. The molecule has 25 heavy (non-hydrogen) atoms. The summed E-state index contributed by atoms with van der Waals surface area (Å²) in [6, 6.07) is 10.2. The van der Waals surface area contributed by atoms with E-state index in [1.165, 1.54) is 12.8 Å². The zero-order valence-electron chi connectivity index (χ0n) is 15.0. The summed E-state index contributed by atoms with van der Waals surface area (Å²) in [6.07, 6.45) is 5.23. The molecule has 1 aromatic carbocycles. The Labute approximate surface area is 150 Å². The smallest absolute Gasteiger partial charge is 0.222 e. The summed E-state index contributed by atoms with van der Waals surface area (Å²) in [5.41, 5.74) is 0.647. The molecule has 5 nitrogen and oxygen atoms in total. The van der Waals surface area contributed by atoms with Crippen LogP contribution in [0.5, 0.6) is 5.75 Å². The van der Waals surface area contributed by atoms with Crippen molar-refractivity contribution in [3.05, 3.63) is 29.8 Å². The van der Waals surface area contributed by atoms with Crippen LogP contribution < -0.4 is 4.74 Å². The van der Waals surface area contributed by atoms with Crippen molar-refractivity contribution >= 4 is 5.91 Å². The molecule has 0 saturated carbocycles. The number of carbonyl (C=O) groups is 1. The molecule has 2 atom stereocenters. The summed E-state index contributed by atoms with van der Waals surface area (Å²) in [5.74, 6) is 1.10. The highest BCUT2D eigenvalue weighted by Gasteiger charge is 2.38. The molecular formula is C20H27N3O2. The van der Waals surface area contributed by atoms with E-state index in [1.54, 1.807) is 12.1 Å². The molecule has 2 saturated heterocycles. The number of nitriles is 1. The monoisotopic (exact) mass is 341 g/mol. The summed E-state index contributed by atoms with van der Waals surface area (Å²) >= 11 is 0. The molecule has 3 rings (SSSR count). The lowest BCUT2D eigenvalue weighted by molar-refractivity contribution is -0.132. The summed E-state index contributed by atoms with van der Waals surface area (Å²) in [7, 11) is 0. The van der Waals surface area contributed by atoms with Crippen molar-refractivity contribution in [3.63, 3.8) is 0 Å². The van der Waals surface area contributed by atoms with E-state index in [2.05, 4.69) is 15.9 Å². The van der Waals surface area contributed by atoms with Crippen molar-refractivity contribution in [1.82, 2.24) is 9.80 Å². The molecule has 2 aliphatic heterocycles. The third-order valence-electron chi connectivity index (χ3n) is 5.41. The number of benzene rings is 1. The van der Waals surface area contributed by atoms with Crippen molar-refractivity contribution in [2.45, 2.75) is 51.1 Å². The average molecular weight is 341 g/mol. The standard InChI is InChI=1S/C20H27N3O2/c1-2-20(24)23-12-4-6-19(23)18-5-3-11-22(18)13-14-25-17-9-7-16(15-21)8-10-17/h7-10,18-19H,2-6,11-14H2,1H3/t18-,19+/m0/s1. The molecule has 134 valence electrons. The first-order valence-electron chi connectivity index (χ1n) is 9.39. The summed E-state index contributed by atoms with van der Waals surface area (Å²) in [5, 5.41) is 8.83. The fraction of sp³-hybridized carbons (Fsp3) is 0.600. The number of rotatable bonds is 6. The molecule has 1 aromatic rings. The fourth-order valence-electron chi connectivity index (χ4n) is 4.18. The minimum absolute atomic E-state index is 0.295. The minimum atomic E-state index is 0.295. The van der Waals surface area contributed by atoms with Gasteiger partial charge in [-0.25, -0.2) is 0 Å². The quantitative estimate of drug-likeness (QED) is 0.798. The van der Waals surface area contributed by atoms with Crippen LogP contribution in [0.1, 0.15) is 44.6 Å². The first kappa shape index (κ1) is 17.8. The van der Waals surface area contributed by atoms with E-state index >= 15 is 0 Å². The number of likely N-dealkylation sites (tertiary alicyclic amines) is 2. The number of hydrogen-bond donors (Lipinski definition) is 0. The Morgan fingerprint density at radius 2 is 1.92 bits per heavy atom. The third-order valence-corrected chi connectivity index (χ3v) is 5.41. The van der Waals surface area contributed by atoms with Crippen molar-refractivity contribution in [2.24, 2.45) is 0 Å². The zero-order chi connectivity index (χ0) is 17.6. The van der Waals surface area contributed by atoms with Gasteiger partial charge in [-0.15, -0.1) is 0 Å². The fourth-order valence-corrected chi connectivity index (χ4v) is 4.18. The van der Waals surface area contributed by atoms with Gasteiger partial charge in [0.05, 0.1) is 11.6 Å². The summed E-state index contributed by atoms with van der Waals surface area (Å²) in [4.78, 5) is 16.8. The van der Waals surface area contributed by atoms with E-state index in [4.69, 9.17) is 10.00 Å². The van der Waals surface area contributed by atoms with E-state index in [-0.39, 0.29) is 0 Å². The van der Waals surface area contributed by atoms with Gasteiger partial charge in [-0.1, -0.05) is 6.92 Å². The SMILES string of the molecule is CCC(=O)N1CCC[C@@H]1[C@@H]1CCCN1CCOc1ccc(C#N)cc1. The maximum Gasteiger partial charge on any atom is 0.222 e. The molecule has 0 N–H and O–H groups in total. The van der Waals surface area contributed by atoms with E-state index in [0.717, 1.165) is 38.2 Å². The molecule has 0 bridgehead atoms. The van der Waals surface area contributed by atoms with Crippen LogP contribution in [0.25, 0.3) is 0 Å². The topological polar surface area (TPSA) is 56.6 Å². The molecule has 0 aromatic heterocycles. The molecule has 0 spiro atoms. The maximum absolute atomic E-state index is 12.2. The Morgan fingerprint density at radius 3 is 2.64 bits per heavy atom. The Balaban J connectivity index is 1.53. The number of nitrogens with zero attached hydrogens (tertiary/aromatic N) is 3. The van der Waals surface area contributed by atoms with Crippen LogP contribution in [-0.2, 0) is 4.79 Å². The van der Waals surface area contributed by atoms with E-state index in [1.807, 2.05) is 19.1 Å². The van der Waals surface area contributed by atoms with Gasteiger partial charge in [-0.2, -0.15) is 5.26 Å². The van der Waals surface area contributed by atoms with E-state index in [0.29, 0.717) is 36.6 Å². The van der Waals surface area contributed by atoms with Gasteiger partial charge in [0, 0.05) is 31.6 Å². The summed E-state index contributed by atoms with van der Waals surface area (Å²) < 4.78 is 5.84. The molecule has 1 amide bonds. The van der Waals surface area contributed by atoms with Crippen molar-refractivity contribution < 1.29 is 9.53 Å². The normalized spacial score (nSPS) is 23.6. The largest absolute Gasteiger partial charge is 0.492 e. The molecule has 2 fully saturated rings.